The quantitative estimate of drug-likeness (QED) is 0.371. The van der Waals surface area contributed by atoms with E-state index < -0.39 is 0 Å². The van der Waals surface area contributed by atoms with Crippen molar-refractivity contribution in [2.45, 2.75) is 72.5 Å². The summed E-state index contributed by atoms with van der Waals surface area (Å²) in [6.45, 7) is 12.1. The van der Waals surface area contributed by atoms with Crippen LogP contribution in [0.25, 0.3) is 0 Å². The molecule has 6 nitrogen and oxygen atoms in total. The summed E-state index contributed by atoms with van der Waals surface area (Å²) in [5.41, 5.74) is 3.73. The van der Waals surface area contributed by atoms with Crippen LogP contribution in [-0.4, -0.2) is 33.3 Å². The molecule has 1 atom stereocenters. The molecule has 2 N–H and O–H groups in total. The third-order valence-corrected chi connectivity index (χ3v) is 5.81. The van der Waals surface area contributed by atoms with Crippen molar-refractivity contribution < 1.29 is 0 Å². The number of thiazole rings is 1. The minimum Gasteiger partial charge on any atom is -0.357 e. The molecular weight excluding hydrogens is 471 g/mol. The summed E-state index contributed by atoms with van der Waals surface area (Å²) in [5.74, 6) is 0.870. The second-order valence-corrected chi connectivity index (χ2v) is 8.49. The van der Waals surface area contributed by atoms with Gasteiger partial charge in [0.05, 0.1) is 17.9 Å². The number of nitrogens with one attached hydrogen (secondary N) is 2. The van der Waals surface area contributed by atoms with Gasteiger partial charge < -0.3 is 10.6 Å². The van der Waals surface area contributed by atoms with Gasteiger partial charge in [-0.3, -0.25) is 4.68 Å². The fourth-order valence-electron chi connectivity index (χ4n) is 3.17. The molecular formula is C19H31IN6S. The minimum atomic E-state index is 0. The molecule has 0 fully saturated rings. The summed E-state index contributed by atoms with van der Waals surface area (Å²) in [4.78, 5) is 10.6. The average molecular weight is 502 g/mol. The molecule has 0 spiro atoms. The van der Waals surface area contributed by atoms with Crippen LogP contribution in [0.5, 0.6) is 0 Å². The first-order valence-corrected chi connectivity index (χ1v) is 10.3. The van der Waals surface area contributed by atoms with Crippen molar-refractivity contribution in [3.05, 3.63) is 33.0 Å². The van der Waals surface area contributed by atoms with E-state index in [0.717, 1.165) is 42.5 Å². The lowest BCUT2D eigenvalue weighted by Crippen LogP contribution is -2.45. The standard InChI is InChI=1S/C19H30N6S.HI/c1-6-20-19(21-10-18-22-13(4)14(5)26-18)23-16-8-7-15-11-25(12(2)3)24-17(15)9-16;/h11-12,16H,6-10H2,1-5H3,(H2,20,21,23);1H. The maximum absolute atomic E-state index is 4.77. The lowest BCUT2D eigenvalue weighted by Gasteiger charge is -2.24. The summed E-state index contributed by atoms with van der Waals surface area (Å²) in [6, 6.07) is 0.784. The van der Waals surface area contributed by atoms with Crippen molar-refractivity contribution in [1.82, 2.24) is 25.4 Å². The van der Waals surface area contributed by atoms with Crippen LogP contribution in [0.2, 0.25) is 0 Å². The Kier molecular flexibility index (Phi) is 8.08. The molecule has 0 saturated carbocycles. The summed E-state index contributed by atoms with van der Waals surface area (Å²) in [6.07, 6.45) is 5.35. The van der Waals surface area contributed by atoms with Gasteiger partial charge in [-0.2, -0.15) is 5.10 Å². The molecule has 0 amide bonds. The number of hydrogen-bond acceptors (Lipinski definition) is 4. The van der Waals surface area contributed by atoms with E-state index in [1.54, 1.807) is 11.3 Å². The average Bonchev–Trinajstić information content (AvgIpc) is 3.16. The lowest BCUT2D eigenvalue weighted by atomic mass is 9.94. The molecule has 3 rings (SSSR count). The molecule has 2 aromatic heterocycles. The normalized spacial score (nSPS) is 16.8. The maximum atomic E-state index is 4.77. The monoisotopic (exact) mass is 502 g/mol. The van der Waals surface area contributed by atoms with Crippen LogP contribution >= 0.6 is 35.3 Å². The van der Waals surface area contributed by atoms with Crippen LogP contribution in [-0.2, 0) is 19.4 Å². The molecule has 27 heavy (non-hydrogen) atoms. The van der Waals surface area contributed by atoms with Crippen molar-refractivity contribution >= 4 is 41.3 Å². The Labute approximate surface area is 183 Å². The van der Waals surface area contributed by atoms with Crippen molar-refractivity contribution in [1.29, 1.82) is 0 Å². The molecule has 1 aliphatic rings. The third kappa shape index (κ3) is 5.66. The molecule has 0 aliphatic heterocycles. The van der Waals surface area contributed by atoms with Gasteiger partial charge in [-0.05, 0) is 53.0 Å². The number of halogens is 1. The first-order valence-electron chi connectivity index (χ1n) is 9.51. The molecule has 2 aromatic rings. The first kappa shape index (κ1) is 22.1. The number of aryl methyl sites for hydroxylation is 3. The number of hydrogen-bond donors (Lipinski definition) is 2. The number of nitrogens with zero attached hydrogens (tertiary/aromatic N) is 4. The number of guanidine groups is 1. The number of aromatic nitrogens is 3. The van der Waals surface area contributed by atoms with Crippen LogP contribution in [0.15, 0.2) is 11.2 Å². The van der Waals surface area contributed by atoms with E-state index in [2.05, 4.69) is 61.1 Å². The molecule has 1 aliphatic carbocycles. The van der Waals surface area contributed by atoms with Gasteiger partial charge in [-0.15, -0.1) is 35.3 Å². The van der Waals surface area contributed by atoms with E-state index in [0.29, 0.717) is 18.6 Å². The predicted octanol–water partition coefficient (Wildman–Crippen LogP) is 3.77. The van der Waals surface area contributed by atoms with Gasteiger partial charge in [0.15, 0.2) is 5.96 Å². The number of aliphatic imine (C=N–C) groups is 1. The van der Waals surface area contributed by atoms with E-state index >= 15 is 0 Å². The summed E-state index contributed by atoms with van der Waals surface area (Å²) < 4.78 is 2.08. The van der Waals surface area contributed by atoms with E-state index in [-0.39, 0.29) is 24.0 Å². The molecule has 0 bridgehead atoms. The van der Waals surface area contributed by atoms with Gasteiger partial charge in [0.1, 0.15) is 5.01 Å². The zero-order valence-corrected chi connectivity index (χ0v) is 20.0. The summed E-state index contributed by atoms with van der Waals surface area (Å²) >= 11 is 1.73. The smallest absolute Gasteiger partial charge is 0.191 e. The van der Waals surface area contributed by atoms with Gasteiger partial charge in [0.2, 0.25) is 0 Å². The number of fused-ring (bicyclic) bond motifs is 1. The zero-order valence-electron chi connectivity index (χ0n) is 16.9. The summed E-state index contributed by atoms with van der Waals surface area (Å²) in [7, 11) is 0. The Bertz CT molecular complexity index is 760. The highest BCUT2D eigenvalue weighted by Crippen LogP contribution is 2.22. The Balaban J connectivity index is 0.00000261. The van der Waals surface area contributed by atoms with Crippen LogP contribution in [0.1, 0.15) is 60.1 Å². The topological polar surface area (TPSA) is 67.1 Å². The zero-order chi connectivity index (χ0) is 18.7. The fraction of sp³-hybridized carbons (Fsp3) is 0.632. The second kappa shape index (κ2) is 9.86. The fourth-order valence-corrected chi connectivity index (χ4v) is 4.03. The highest BCUT2D eigenvalue weighted by molar-refractivity contribution is 14.0. The first-order chi connectivity index (χ1) is 12.5. The van der Waals surface area contributed by atoms with E-state index in [1.165, 1.54) is 16.1 Å². The highest BCUT2D eigenvalue weighted by Gasteiger charge is 2.23. The van der Waals surface area contributed by atoms with Gasteiger partial charge in [-0.1, -0.05) is 0 Å². The van der Waals surface area contributed by atoms with Crippen molar-refractivity contribution in [3.8, 4) is 0 Å². The van der Waals surface area contributed by atoms with Gasteiger partial charge in [-0.25, -0.2) is 9.98 Å². The number of rotatable bonds is 5. The molecule has 8 heteroatoms. The largest absolute Gasteiger partial charge is 0.357 e. The molecule has 1 unspecified atom stereocenters. The Morgan fingerprint density at radius 3 is 2.81 bits per heavy atom. The molecule has 0 saturated heterocycles. The minimum absolute atomic E-state index is 0. The molecule has 2 heterocycles. The van der Waals surface area contributed by atoms with Crippen LogP contribution in [0.3, 0.4) is 0 Å². The maximum Gasteiger partial charge on any atom is 0.191 e. The van der Waals surface area contributed by atoms with Crippen molar-refractivity contribution in [2.24, 2.45) is 4.99 Å². The Morgan fingerprint density at radius 1 is 1.41 bits per heavy atom. The predicted molar refractivity (Wildman–Crippen MR) is 123 cm³/mol. The van der Waals surface area contributed by atoms with Crippen LogP contribution < -0.4 is 10.6 Å². The molecule has 150 valence electrons. The molecule has 0 radical (unpaired) electrons. The SMILES string of the molecule is CCNC(=NCc1nc(C)c(C)s1)NC1CCc2cn(C(C)C)nc2C1.I. The Hall–Kier alpha value is -1.16. The van der Waals surface area contributed by atoms with Crippen LogP contribution in [0.4, 0.5) is 0 Å². The van der Waals surface area contributed by atoms with Crippen molar-refractivity contribution in [3.63, 3.8) is 0 Å². The van der Waals surface area contributed by atoms with Crippen LogP contribution in [0, 0.1) is 13.8 Å². The highest BCUT2D eigenvalue weighted by atomic mass is 127. The molecule has 0 aromatic carbocycles. The Morgan fingerprint density at radius 2 is 2.19 bits per heavy atom. The lowest BCUT2D eigenvalue weighted by molar-refractivity contribution is 0.499. The van der Waals surface area contributed by atoms with E-state index in [4.69, 9.17) is 10.1 Å². The third-order valence-electron chi connectivity index (χ3n) is 4.76. The summed E-state index contributed by atoms with van der Waals surface area (Å²) in [5, 5.41) is 12.8. The van der Waals surface area contributed by atoms with E-state index in [9.17, 15) is 0 Å². The van der Waals surface area contributed by atoms with Gasteiger partial charge >= 0.3 is 0 Å². The second-order valence-electron chi connectivity index (χ2n) is 7.20. The van der Waals surface area contributed by atoms with Crippen molar-refractivity contribution in [2.75, 3.05) is 6.54 Å². The van der Waals surface area contributed by atoms with Gasteiger partial charge in [0.25, 0.3) is 0 Å². The van der Waals surface area contributed by atoms with E-state index in [1.807, 2.05) is 0 Å². The van der Waals surface area contributed by atoms with Gasteiger partial charge in [0, 0.05) is 36.1 Å².